The summed E-state index contributed by atoms with van der Waals surface area (Å²) in [4.78, 5) is 11.9. The molecule has 1 aromatic carbocycles. The van der Waals surface area contributed by atoms with Crippen molar-refractivity contribution in [3.05, 3.63) is 47.7 Å². The van der Waals surface area contributed by atoms with Crippen LogP contribution >= 0.6 is 0 Å². The number of carbonyl (C=O) groups excluding carboxylic acids is 1. The SMILES string of the molecule is O=C(C[C@@H]1C=COC(O)/C1=C\CO)OCCc1ccc(O)c(O)c1. The van der Waals surface area contributed by atoms with Crippen LogP contribution < -0.4 is 0 Å². The third kappa shape index (κ3) is 4.74. The number of aromatic hydroxyl groups is 2. The zero-order valence-corrected chi connectivity index (χ0v) is 13.0. The fourth-order valence-corrected chi connectivity index (χ4v) is 2.38. The number of hydrogen-bond acceptors (Lipinski definition) is 7. The van der Waals surface area contributed by atoms with Gasteiger partial charge in [-0.3, -0.25) is 4.79 Å². The number of aliphatic hydroxyl groups excluding tert-OH is 2. The summed E-state index contributed by atoms with van der Waals surface area (Å²) in [6.07, 6.45) is 3.57. The van der Waals surface area contributed by atoms with Crippen LogP contribution in [0.2, 0.25) is 0 Å². The Morgan fingerprint density at radius 2 is 2.08 bits per heavy atom. The first-order valence-electron chi connectivity index (χ1n) is 7.48. The molecule has 0 spiro atoms. The molecule has 1 aliphatic heterocycles. The zero-order valence-electron chi connectivity index (χ0n) is 13.0. The van der Waals surface area contributed by atoms with Gasteiger partial charge < -0.3 is 29.9 Å². The van der Waals surface area contributed by atoms with Crippen LogP contribution in [0.15, 0.2) is 42.2 Å². The van der Waals surface area contributed by atoms with Crippen molar-refractivity contribution in [2.75, 3.05) is 13.2 Å². The minimum absolute atomic E-state index is 0.0174. The lowest BCUT2D eigenvalue weighted by atomic mass is 9.93. The van der Waals surface area contributed by atoms with Crippen LogP contribution in [0.4, 0.5) is 0 Å². The number of benzene rings is 1. The maximum absolute atomic E-state index is 11.9. The highest BCUT2D eigenvalue weighted by molar-refractivity contribution is 5.70. The van der Waals surface area contributed by atoms with Crippen LogP contribution in [0.1, 0.15) is 12.0 Å². The molecule has 4 N–H and O–H groups in total. The highest BCUT2D eigenvalue weighted by atomic mass is 16.6. The van der Waals surface area contributed by atoms with Crippen LogP contribution in [0, 0.1) is 5.92 Å². The molecule has 24 heavy (non-hydrogen) atoms. The summed E-state index contributed by atoms with van der Waals surface area (Å²) in [7, 11) is 0. The molecule has 1 heterocycles. The van der Waals surface area contributed by atoms with E-state index in [4.69, 9.17) is 14.6 Å². The van der Waals surface area contributed by atoms with E-state index in [1.807, 2.05) is 0 Å². The van der Waals surface area contributed by atoms with E-state index in [1.165, 1.54) is 24.5 Å². The average Bonchev–Trinajstić information content (AvgIpc) is 2.54. The number of hydrogen-bond donors (Lipinski definition) is 4. The van der Waals surface area contributed by atoms with Crippen molar-refractivity contribution in [2.45, 2.75) is 19.1 Å². The summed E-state index contributed by atoms with van der Waals surface area (Å²) in [5, 5.41) is 37.3. The molecule has 1 aromatic rings. The monoisotopic (exact) mass is 336 g/mol. The molecular weight excluding hydrogens is 316 g/mol. The minimum atomic E-state index is -1.18. The van der Waals surface area contributed by atoms with Crippen LogP contribution in [0.5, 0.6) is 11.5 Å². The smallest absolute Gasteiger partial charge is 0.306 e. The van der Waals surface area contributed by atoms with Crippen molar-refractivity contribution in [1.29, 1.82) is 0 Å². The standard InChI is InChI=1S/C17H20O7/c18-6-3-13-12(5-8-24-17(13)22)10-16(21)23-7-4-11-1-2-14(19)15(20)9-11/h1-3,5,8-9,12,17-20,22H,4,6-7,10H2/b13-3-/t12-,17?/m0/s1. The highest BCUT2D eigenvalue weighted by Crippen LogP contribution is 2.27. The van der Waals surface area contributed by atoms with E-state index in [0.29, 0.717) is 12.0 Å². The van der Waals surface area contributed by atoms with Crippen LogP contribution in [-0.2, 0) is 20.7 Å². The average molecular weight is 336 g/mol. The van der Waals surface area contributed by atoms with E-state index in [2.05, 4.69) is 0 Å². The number of ether oxygens (including phenoxy) is 2. The van der Waals surface area contributed by atoms with Gasteiger partial charge in [-0.2, -0.15) is 0 Å². The van der Waals surface area contributed by atoms with Gasteiger partial charge in [0.1, 0.15) is 0 Å². The van der Waals surface area contributed by atoms with Crippen LogP contribution in [0.25, 0.3) is 0 Å². The fraction of sp³-hybridized carbons (Fsp3) is 0.353. The number of aliphatic hydroxyl groups is 2. The third-order valence-corrected chi connectivity index (χ3v) is 3.64. The quantitative estimate of drug-likeness (QED) is 0.347. The minimum Gasteiger partial charge on any atom is -0.504 e. The Kier molecular flexibility index (Phi) is 6.22. The second-order valence-electron chi connectivity index (χ2n) is 5.31. The molecular formula is C17H20O7. The molecule has 0 bridgehead atoms. The Balaban J connectivity index is 1.84. The topological polar surface area (TPSA) is 116 Å². The van der Waals surface area contributed by atoms with E-state index in [9.17, 15) is 20.1 Å². The molecule has 2 atom stereocenters. The maximum Gasteiger partial charge on any atom is 0.306 e. The molecule has 0 saturated heterocycles. The summed E-state index contributed by atoms with van der Waals surface area (Å²) in [5.74, 6) is -1.28. The number of esters is 1. The van der Waals surface area contributed by atoms with E-state index < -0.39 is 18.2 Å². The molecule has 7 nitrogen and oxygen atoms in total. The van der Waals surface area contributed by atoms with Gasteiger partial charge in [-0.1, -0.05) is 12.1 Å². The van der Waals surface area contributed by atoms with Crippen LogP contribution in [0.3, 0.4) is 0 Å². The van der Waals surface area contributed by atoms with Gasteiger partial charge in [0.15, 0.2) is 11.5 Å². The molecule has 0 amide bonds. The van der Waals surface area contributed by atoms with Gasteiger partial charge in [0.25, 0.3) is 0 Å². The van der Waals surface area contributed by atoms with E-state index in [1.54, 1.807) is 12.1 Å². The molecule has 0 aliphatic carbocycles. The predicted octanol–water partition coefficient (Wildman–Crippen LogP) is 0.971. The second-order valence-corrected chi connectivity index (χ2v) is 5.31. The number of phenols is 2. The number of allylic oxidation sites excluding steroid dienone is 1. The summed E-state index contributed by atoms with van der Waals surface area (Å²) in [6, 6.07) is 4.40. The molecule has 130 valence electrons. The fourth-order valence-electron chi connectivity index (χ4n) is 2.38. The Hall–Kier alpha value is -2.51. The van der Waals surface area contributed by atoms with Gasteiger partial charge in [0.05, 0.1) is 25.9 Å². The van der Waals surface area contributed by atoms with E-state index >= 15 is 0 Å². The summed E-state index contributed by atoms with van der Waals surface area (Å²) in [6.45, 7) is -0.142. The zero-order chi connectivity index (χ0) is 17.5. The lowest BCUT2D eigenvalue weighted by Crippen LogP contribution is -2.25. The molecule has 1 unspecified atom stereocenters. The van der Waals surface area contributed by atoms with E-state index in [0.717, 1.165) is 5.56 Å². The Bertz CT molecular complexity index is 636. The number of carbonyl (C=O) groups is 1. The van der Waals surface area contributed by atoms with Gasteiger partial charge in [-0.25, -0.2) is 0 Å². The molecule has 2 rings (SSSR count). The Labute approximate surface area is 139 Å². The van der Waals surface area contributed by atoms with Gasteiger partial charge >= 0.3 is 5.97 Å². The second kappa shape index (κ2) is 8.37. The van der Waals surface area contributed by atoms with Gasteiger partial charge in [0, 0.05) is 17.9 Å². The first-order valence-corrected chi connectivity index (χ1v) is 7.48. The van der Waals surface area contributed by atoms with Gasteiger partial charge in [-0.05, 0) is 23.8 Å². The van der Waals surface area contributed by atoms with Gasteiger partial charge in [0.2, 0.25) is 6.29 Å². The maximum atomic E-state index is 11.9. The summed E-state index contributed by atoms with van der Waals surface area (Å²) >= 11 is 0. The van der Waals surface area contributed by atoms with Crippen LogP contribution in [-0.4, -0.2) is 45.9 Å². The summed E-state index contributed by atoms with van der Waals surface area (Å²) in [5.41, 5.74) is 1.14. The van der Waals surface area contributed by atoms with Crippen molar-refractivity contribution in [3.63, 3.8) is 0 Å². The van der Waals surface area contributed by atoms with Crippen molar-refractivity contribution in [1.82, 2.24) is 0 Å². The normalized spacial score (nSPS) is 21.5. The van der Waals surface area contributed by atoms with Crippen molar-refractivity contribution in [2.24, 2.45) is 5.92 Å². The Morgan fingerprint density at radius 3 is 2.79 bits per heavy atom. The number of rotatable bonds is 6. The van der Waals surface area contributed by atoms with E-state index in [-0.39, 0.29) is 31.1 Å². The Morgan fingerprint density at radius 1 is 1.29 bits per heavy atom. The van der Waals surface area contributed by atoms with Crippen molar-refractivity contribution >= 4 is 5.97 Å². The van der Waals surface area contributed by atoms with Crippen molar-refractivity contribution in [3.8, 4) is 11.5 Å². The molecule has 1 aliphatic rings. The molecule has 0 saturated carbocycles. The first kappa shape index (κ1) is 17.8. The molecule has 0 fully saturated rings. The lowest BCUT2D eigenvalue weighted by Gasteiger charge is -2.24. The third-order valence-electron chi connectivity index (χ3n) is 3.64. The predicted molar refractivity (Wildman–Crippen MR) is 83.9 cm³/mol. The molecule has 0 radical (unpaired) electrons. The van der Waals surface area contributed by atoms with Gasteiger partial charge in [-0.15, -0.1) is 0 Å². The highest BCUT2D eigenvalue weighted by Gasteiger charge is 2.26. The summed E-state index contributed by atoms with van der Waals surface area (Å²) < 4.78 is 10.1. The first-order chi connectivity index (χ1) is 11.5. The largest absolute Gasteiger partial charge is 0.504 e. The number of phenolic OH excluding ortho intramolecular Hbond substituents is 2. The molecule has 7 heteroatoms. The lowest BCUT2D eigenvalue weighted by molar-refractivity contribution is -0.144. The van der Waals surface area contributed by atoms with Crippen molar-refractivity contribution < 1.29 is 34.7 Å². The molecule has 0 aromatic heterocycles.